The van der Waals surface area contributed by atoms with Crippen molar-refractivity contribution in [2.24, 2.45) is 0 Å². The van der Waals surface area contributed by atoms with E-state index in [1.807, 2.05) is 0 Å². The maximum Gasteiger partial charge on any atom is 0.160 e. The minimum atomic E-state index is 0.526. The van der Waals surface area contributed by atoms with Crippen LogP contribution in [0.3, 0.4) is 0 Å². The summed E-state index contributed by atoms with van der Waals surface area (Å²) in [7, 11) is 0. The minimum absolute atomic E-state index is 0.526. The largest absolute Gasteiger partial charge is 0.298 e. The van der Waals surface area contributed by atoms with Crippen molar-refractivity contribution in [2.45, 2.75) is 19.8 Å². The molecule has 0 spiro atoms. The van der Waals surface area contributed by atoms with Crippen LogP contribution in [0.25, 0.3) is 0 Å². The summed E-state index contributed by atoms with van der Waals surface area (Å²) in [6.07, 6.45) is 3.46. The van der Waals surface area contributed by atoms with Crippen molar-refractivity contribution in [2.75, 3.05) is 0 Å². The van der Waals surface area contributed by atoms with E-state index in [0.29, 0.717) is 10.4 Å². The van der Waals surface area contributed by atoms with Gasteiger partial charge in [-0.3, -0.25) is 9.59 Å². The highest BCUT2D eigenvalue weighted by Gasteiger charge is 2.05. The zero-order chi connectivity index (χ0) is 8.97. The van der Waals surface area contributed by atoms with Crippen molar-refractivity contribution >= 4 is 23.9 Å². The Kier molecular flexibility index (Phi) is 3.17. The van der Waals surface area contributed by atoms with Crippen molar-refractivity contribution in [3.63, 3.8) is 0 Å². The lowest BCUT2D eigenvalue weighted by atomic mass is 10.2. The van der Waals surface area contributed by atoms with E-state index in [9.17, 15) is 9.59 Å². The van der Waals surface area contributed by atoms with Gasteiger partial charge in [-0.1, -0.05) is 13.3 Å². The molecular formula is C9H10O2S. The number of thiophene rings is 1. The highest BCUT2D eigenvalue weighted by atomic mass is 32.1. The van der Waals surface area contributed by atoms with E-state index in [4.69, 9.17) is 0 Å². The van der Waals surface area contributed by atoms with Gasteiger partial charge in [-0.2, -0.15) is 0 Å². The second kappa shape index (κ2) is 4.16. The van der Waals surface area contributed by atoms with Crippen LogP contribution in [0.1, 0.15) is 38.3 Å². The Balaban J connectivity index is 2.96. The summed E-state index contributed by atoms with van der Waals surface area (Å²) in [5, 5.41) is 0. The molecule has 0 atom stereocenters. The molecule has 64 valence electrons. The van der Waals surface area contributed by atoms with Crippen LogP contribution < -0.4 is 0 Å². The molecule has 0 radical (unpaired) electrons. The molecule has 0 unspecified atom stereocenters. The number of hydrogen-bond acceptors (Lipinski definition) is 3. The highest BCUT2D eigenvalue weighted by Crippen LogP contribution is 2.20. The van der Waals surface area contributed by atoms with Gasteiger partial charge in [0.2, 0.25) is 0 Å². The van der Waals surface area contributed by atoms with Crippen molar-refractivity contribution < 1.29 is 9.59 Å². The topological polar surface area (TPSA) is 34.1 Å². The number of aldehydes is 2. The fraction of sp³-hybridized carbons (Fsp3) is 0.333. The van der Waals surface area contributed by atoms with Crippen LogP contribution in [0.4, 0.5) is 0 Å². The molecule has 0 aliphatic rings. The first-order valence-electron chi connectivity index (χ1n) is 3.85. The molecule has 0 saturated heterocycles. The van der Waals surface area contributed by atoms with Crippen LogP contribution in [0, 0.1) is 0 Å². The molecule has 0 aromatic carbocycles. The Morgan fingerprint density at radius 3 is 2.58 bits per heavy atom. The van der Waals surface area contributed by atoms with E-state index in [2.05, 4.69) is 6.92 Å². The van der Waals surface area contributed by atoms with E-state index >= 15 is 0 Å². The SMILES string of the molecule is CCCc1cc(C=O)c(C=O)s1. The zero-order valence-corrected chi connectivity index (χ0v) is 7.69. The summed E-state index contributed by atoms with van der Waals surface area (Å²) in [6, 6.07) is 1.80. The summed E-state index contributed by atoms with van der Waals surface area (Å²) in [5.41, 5.74) is 0.526. The molecule has 12 heavy (non-hydrogen) atoms. The van der Waals surface area contributed by atoms with Crippen molar-refractivity contribution in [1.82, 2.24) is 0 Å². The summed E-state index contributed by atoms with van der Waals surface area (Å²) in [4.78, 5) is 22.6. The zero-order valence-electron chi connectivity index (χ0n) is 6.87. The Bertz CT molecular complexity index is 263. The van der Waals surface area contributed by atoms with Crippen LogP contribution in [-0.4, -0.2) is 12.6 Å². The van der Waals surface area contributed by atoms with Gasteiger partial charge in [-0.05, 0) is 12.5 Å². The number of carbonyl (C=O) groups excluding carboxylic acids is 2. The van der Waals surface area contributed by atoms with Crippen LogP contribution in [0.15, 0.2) is 6.07 Å². The maximum atomic E-state index is 10.5. The molecule has 2 nitrogen and oxygen atoms in total. The maximum absolute atomic E-state index is 10.5. The first kappa shape index (κ1) is 9.13. The first-order valence-corrected chi connectivity index (χ1v) is 4.66. The molecular weight excluding hydrogens is 172 g/mol. The van der Waals surface area contributed by atoms with Gasteiger partial charge in [0.1, 0.15) is 0 Å². The van der Waals surface area contributed by atoms with E-state index in [1.54, 1.807) is 6.07 Å². The third-order valence-corrected chi connectivity index (χ3v) is 2.71. The minimum Gasteiger partial charge on any atom is -0.298 e. The molecule has 1 heterocycles. The van der Waals surface area contributed by atoms with Crippen molar-refractivity contribution in [3.05, 3.63) is 21.4 Å². The van der Waals surface area contributed by atoms with Crippen molar-refractivity contribution in [3.8, 4) is 0 Å². The average Bonchev–Trinajstić information content (AvgIpc) is 2.48. The van der Waals surface area contributed by atoms with Gasteiger partial charge in [-0.15, -0.1) is 11.3 Å². The third kappa shape index (κ3) is 1.80. The number of hydrogen-bond donors (Lipinski definition) is 0. The van der Waals surface area contributed by atoms with Gasteiger partial charge in [0.25, 0.3) is 0 Å². The predicted octanol–water partition coefficient (Wildman–Crippen LogP) is 2.33. The fourth-order valence-corrected chi connectivity index (χ4v) is 2.08. The molecule has 0 aliphatic heterocycles. The quantitative estimate of drug-likeness (QED) is 0.670. The normalized spacial score (nSPS) is 9.75. The van der Waals surface area contributed by atoms with Gasteiger partial charge < -0.3 is 0 Å². The Labute approximate surface area is 75.2 Å². The molecule has 0 amide bonds. The fourth-order valence-electron chi connectivity index (χ4n) is 1.03. The first-order chi connectivity index (χ1) is 5.81. The molecule has 0 saturated carbocycles. The Hall–Kier alpha value is -0.960. The summed E-state index contributed by atoms with van der Waals surface area (Å²) in [6.45, 7) is 2.07. The lowest BCUT2D eigenvalue weighted by Crippen LogP contribution is -1.80. The number of carbonyl (C=O) groups is 2. The molecule has 1 rings (SSSR count). The second-order valence-electron chi connectivity index (χ2n) is 2.52. The van der Waals surface area contributed by atoms with Crippen LogP contribution in [0.2, 0.25) is 0 Å². The average molecular weight is 182 g/mol. The summed E-state index contributed by atoms with van der Waals surface area (Å²) >= 11 is 1.41. The van der Waals surface area contributed by atoms with Crippen LogP contribution in [0.5, 0.6) is 0 Å². The van der Waals surface area contributed by atoms with E-state index < -0.39 is 0 Å². The molecule has 0 bridgehead atoms. The lowest BCUT2D eigenvalue weighted by molar-refractivity contribution is 0.109. The lowest BCUT2D eigenvalue weighted by Gasteiger charge is -1.86. The van der Waals surface area contributed by atoms with E-state index in [1.165, 1.54) is 11.3 Å². The van der Waals surface area contributed by atoms with Crippen LogP contribution in [-0.2, 0) is 6.42 Å². The monoisotopic (exact) mass is 182 g/mol. The third-order valence-electron chi connectivity index (χ3n) is 1.57. The van der Waals surface area contributed by atoms with Crippen molar-refractivity contribution in [1.29, 1.82) is 0 Å². The van der Waals surface area contributed by atoms with Gasteiger partial charge in [0, 0.05) is 10.4 Å². The molecule has 0 aliphatic carbocycles. The number of aryl methyl sites for hydroxylation is 1. The standard InChI is InChI=1S/C9H10O2S/c1-2-3-8-4-7(5-10)9(6-11)12-8/h4-6H,2-3H2,1H3. The second-order valence-corrected chi connectivity index (χ2v) is 3.69. The highest BCUT2D eigenvalue weighted by molar-refractivity contribution is 7.14. The van der Waals surface area contributed by atoms with Gasteiger partial charge >= 0.3 is 0 Å². The summed E-state index contributed by atoms with van der Waals surface area (Å²) < 4.78 is 0. The van der Waals surface area contributed by atoms with Gasteiger partial charge in [-0.25, -0.2) is 0 Å². The molecule has 0 fully saturated rings. The molecule has 0 N–H and O–H groups in total. The van der Waals surface area contributed by atoms with Gasteiger partial charge in [0.05, 0.1) is 4.88 Å². The smallest absolute Gasteiger partial charge is 0.160 e. The molecule has 1 aromatic heterocycles. The number of rotatable bonds is 4. The predicted molar refractivity (Wildman–Crippen MR) is 49.1 cm³/mol. The Morgan fingerprint density at radius 1 is 1.42 bits per heavy atom. The summed E-state index contributed by atoms with van der Waals surface area (Å²) in [5.74, 6) is 0. The molecule has 1 aromatic rings. The van der Waals surface area contributed by atoms with E-state index in [0.717, 1.165) is 30.3 Å². The van der Waals surface area contributed by atoms with Gasteiger partial charge in [0.15, 0.2) is 12.6 Å². The Morgan fingerprint density at radius 2 is 2.17 bits per heavy atom. The van der Waals surface area contributed by atoms with Crippen LogP contribution >= 0.6 is 11.3 Å². The molecule has 3 heteroatoms. The van der Waals surface area contributed by atoms with E-state index in [-0.39, 0.29) is 0 Å².